The maximum absolute atomic E-state index is 13.1. The first-order valence-corrected chi connectivity index (χ1v) is 13.2. The third kappa shape index (κ3) is 4.80. The van der Waals surface area contributed by atoms with Gasteiger partial charge in [-0.05, 0) is 56.5 Å². The van der Waals surface area contributed by atoms with Crippen LogP contribution in [0.15, 0.2) is 29.2 Å². The van der Waals surface area contributed by atoms with Crippen LogP contribution in [-0.2, 0) is 14.3 Å². The topological polar surface area (TPSA) is 90.1 Å². The van der Waals surface area contributed by atoms with Crippen LogP contribution in [0.3, 0.4) is 0 Å². The number of amides is 1. The SMILES string of the molecule is Cc1cc(/C=C2\SC(=S)N(C[C@H]3CCCO3)C2=O)c(C)n1-c1ccc(N2CCOCC2)c([N+](=O)[O-])c1. The summed E-state index contributed by atoms with van der Waals surface area (Å²) in [6.07, 6.45) is 3.85. The fourth-order valence-electron chi connectivity index (χ4n) is 4.99. The molecule has 36 heavy (non-hydrogen) atoms. The first-order chi connectivity index (χ1) is 17.3. The summed E-state index contributed by atoms with van der Waals surface area (Å²) in [5.41, 5.74) is 4.07. The van der Waals surface area contributed by atoms with E-state index in [1.54, 1.807) is 11.0 Å². The number of rotatable bonds is 6. The van der Waals surface area contributed by atoms with Gasteiger partial charge in [0.1, 0.15) is 10.0 Å². The number of nitro benzene ring substituents is 1. The Hall–Kier alpha value is -2.73. The Morgan fingerprint density at radius 1 is 1.22 bits per heavy atom. The Kier molecular flexibility index (Phi) is 7.16. The first-order valence-electron chi connectivity index (χ1n) is 12.0. The number of hydrogen-bond acceptors (Lipinski definition) is 8. The molecule has 1 aromatic heterocycles. The van der Waals surface area contributed by atoms with Gasteiger partial charge in [-0.25, -0.2) is 0 Å². The van der Waals surface area contributed by atoms with Gasteiger partial charge in [0, 0.05) is 37.2 Å². The monoisotopic (exact) mass is 528 g/mol. The van der Waals surface area contributed by atoms with Crippen LogP contribution in [-0.4, -0.2) is 70.2 Å². The zero-order valence-electron chi connectivity index (χ0n) is 20.3. The van der Waals surface area contributed by atoms with Crippen molar-refractivity contribution in [1.82, 2.24) is 9.47 Å². The van der Waals surface area contributed by atoms with Crippen LogP contribution in [0.5, 0.6) is 0 Å². The van der Waals surface area contributed by atoms with Gasteiger partial charge in [0.25, 0.3) is 11.6 Å². The Labute approximate surface area is 219 Å². The minimum atomic E-state index is -0.331. The molecule has 0 N–H and O–H groups in total. The molecular weight excluding hydrogens is 500 g/mol. The number of aryl methyl sites for hydroxylation is 1. The van der Waals surface area contributed by atoms with E-state index in [1.165, 1.54) is 11.8 Å². The Morgan fingerprint density at radius 3 is 2.69 bits per heavy atom. The van der Waals surface area contributed by atoms with E-state index in [2.05, 4.69) is 0 Å². The average Bonchev–Trinajstić information content (AvgIpc) is 3.55. The van der Waals surface area contributed by atoms with E-state index in [4.69, 9.17) is 21.7 Å². The lowest BCUT2D eigenvalue weighted by Gasteiger charge is -2.28. The van der Waals surface area contributed by atoms with Gasteiger partial charge in [-0.2, -0.15) is 0 Å². The van der Waals surface area contributed by atoms with Gasteiger partial charge in [-0.1, -0.05) is 24.0 Å². The molecule has 4 heterocycles. The molecule has 1 aromatic carbocycles. The number of thiocarbonyl (C=S) groups is 1. The van der Waals surface area contributed by atoms with Gasteiger partial charge in [0.05, 0.1) is 41.4 Å². The van der Waals surface area contributed by atoms with Gasteiger partial charge in [-0.15, -0.1) is 0 Å². The molecule has 0 aliphatic carbocycles. The van der Waals surface area contributed by atoms with Gasteiger partial charge in [0.15, 0.2) is 0 Å². The number of ether oxygens (including phenoxy) is 2. The highest BCUT2D eigenvalue weighted by atomic mass is 32.2. The van der Waals surface area contributed by atoms with E-state index in [9.17, 15) is 14.9 Å². The Bertz CT molecular complexity index is 1250. The van der Waals surface area contributed by atoms with Crippen molar-refractivity contribution in [1.29, 1.82) is 0 Å². The molecule has 0 unspecified atom stereocenters. The molecule has 5 rings (SSSR count). The van der Waals surface area contributed by atoms with Crippen molar-refractivity contribution in [3.8, 4) is 5.69 Å². The first kappa shape index (κ1) is 24.9. The lowest BCUT2D eigenvalue weighted by atomic mass is 10.2. The van der Waals surface area contributed by atoms with E-state index in [0.717, 1.165) is 36.4 Å². The molecule has 190 valence electrons. The second kappa shape index (κ2) is 10.3. The minimum absolute atomic E-state index is 0.0353. The van der Waals surface area contributed by atoms with Crippen LogP contribution < -0.4 is 4.90 Å². The van der Waals surface area contributed by atoms with E-state index >= 15 is 0 Å². The summed E-state index contributed by atoms with van der Waals surface area (Å²) < 4.78 is 13.6. The summed E-state index contributed by atoms with van der Waals surface area (Å²) in [4.78, 5) is 28.9. The molecule has 0 bridgehead atoms. The lowest BCUT2D eigenvalue weighted by molar-refractivity contribution is -0.384. The Morgan fingerprint density at radius 2 is 2.00 bits per heavy atom. The highest BCUT2D eigenvalue weighted by Crippen LogP contribution is 2.36. The highest BCUT2D eigenvalue weighted by Gasteiger charge is 2.35. The number of aromatic nitrogens is 1. The van der Waals surface area contributed by atoms with E-state index in [1.807, 2.05) is 47.6 Å². The summed E-state index contributed by atoms with van der Waals surface area (Å²) >= 11 is 6.78. The van der Waals surface area contributed by atoms with Crippen molar-refractivity contribution in [2.24, 2.45) is 0 Å². The molecule has 3 fully saturated rings. The zero-order chi connectivity index (χ0) is 25.4. The van der Waals surface area contributed by atoms with Crippen molar-refractivity contribution >= 4 is 51.7 Å². The molecule has 1 atom stereocenters. The van der Waals surface area contributed by atoms with E-state index in [0.29, 0.717) is 53.4 Å². The average molecular weight is 529 g/mol. The molecule has 0 radical (unpaired) electrons. The van der Waals surface area contributed by atoms with Crippen molar-refractivity contribution in [2.75, 3.05) is 44.4 Å². The van der Waals surface area contributed by atoms with Gasteiger partial charge in [-0.3, -0.25) is 19.8 Å². The highest BCUT2D eigenvalue weighted by molar-refractivity contribution is 8.26. The predicted molar refractivity (Wildman–Crippen MR) is 144 cm³/mol. The largest absolute Gasteiger partial charge is 0.378 e. The van der Waals surface area contributed by atoms with Crippen molar-refractivity contribution in [3.63, 3.8) is 0 Å². The van der Waals surface area contributed by atoms with Gasteiger partial charge in [0.2, 0.25) is 0 Å². The molecule has 3 aliphatic rings. The van der Waals surface area contributed by atoms with Crippen LogP contribution in [0.2, 0.25) is 0 Å². The van der Waals surface area contributed by atoms with E-state index < -0.39 is 0 Å². The normalized spacial score (nSPS) is 21.7. The zero-order valence-corrected chi connectivity index (χ0v) is 21.9. The number of anilines is 1. The summed E-state index contributed by atoms with van der Waals surface area (Å²) in [5, 5.41) is 11.9. The molecule has 11 heteroatoms. The number of carbonyl (C=O) groups is 1. The number of nitrogens with zero attached hydrogens (tertiary/aromatic N) is 4. The molecule has 1 amide bonds. The maximum atomic E-state index is 13.1. The van der Waals surface area contributed by atoms with Gasteiger partial charge >= 0.3 is 0 Å². The fraction of sp³-hybridized carbons (Fsp3) is 0.440. The summed E-state index contributed by atoms with van der Waals surface area (Å²) in [5.74, 6) is -0.101. The van der Waals surface area contributed by atoms with Crippen LogP contribution in [0, 0.1) is 24.0 Å². The minimum Gasteiger partial charge on any atom is -0.378 e. The van der Waals surface area contributed by atoms with Crippen molar-refractivity contribution in [2.45, 2.75) is 32.8 Å². The number of carbonyl (C=O) groups excluding carboxylic acids is 1. The van der Waals surface area contributed by atoms with Crippen molar-refractivity contribution < 1.29 is 19.2 Å². The van der Waals surface area contributed by atoms with Crippen LogP contribution in [0.1, 0.15) is 29.8 Å². The second-order valence-corrected chi connectivity index (χ2v) is 10.8. The quantitative estimate of drug-likeness (QED) is 0.238. The number of thioether (sulfide) groups is 1. The summed E-state index contributed by atoms with van der Waals surface area (Å²) in [6.45, 7) is 7.47. The smallest absolute Gasteiger partial charge is 0.294 e. The molecule has 2 aromatic rings. The number of benzene rings is 1. The number of nitro groups is 1. The van der Waals surface area contributed by atoms with Crippen LogP contribution >= 0.6 is 24.0 Å². The second-order valence-electron chi connectivity index (χ2n) is 9.12. The number of hydrogen-bond donors (Lipinski definition) is 0. The fourth-order valence-corrected chi connectivity index (χ4v) is 6.26. The third-order valence-corrected chi connectivity index (χ3v) is 8.18. The van der Waals surface area contributed by atoms with Gasteiger partial charge < -0.3 is 18.9 Å². The van der Waals surface area contributed by atoms with Crippen LogP contribution in [0.25, 0.3) is 11.8 Å². The molecular formula is C25H28N4O5S2. The molecule has 0 saturated carbocycles. The van der Waals surface area contributed by atoms with Crippen molar-refractivity contribution in [3.05, 3.63) is 56.2 Å². The Balaban J connectivity index is 1.43. The molecule has 0 spiro atoms. The molecule has 9 nitrogen and oxygen atoms in total. The van der Waals surface area contributed by atoms with E-state index in [-0.39, 0.29) is 22.6 Å². The van der Waals surface area contributed by atoms with Crippen LogP contribution in [0.4, 0.5) is 11.4 Å². The molecule has 3 saturated heterocycles. The maximum Gasteiger partial charge on any atom is 0.294 e. The molecule has 3 aliphatic heterocycles. The third-order valence-electron chi connectivity index (χ3n) is 6.81. The summed E-state index contributed by atoms with van der Waals surface area (Å²) in [6, 6.07) is 7.33. The summed E-state index contributed by atoms with van der Waals surface area (Å²) in [7, 11) is 0. The number of morpholine rings is 1. The standard InChI is InChI=1S/C25H28N4O5S2/c1-16-12-18(13-23-24(30)27(25(35)36-23)15-20-4-3-9-34-20)17(2)28(16)19-5-6-21(22(14-19)29(31)32)26-7-10-33-11-8-26/h5-6,12-14,20H,3-4,7-11,15H2,1-2H3/b23-13-/t20-/m1/s1. The lowest BCUT2D eigenvalue weighted by Crippen LogP contribution is -2.36. The predicted octanol–water partition coefficient (Wildman–Crippen LogP) is 4.22.